The number of hydrogen-bond acceptors (Lipinski definition) is 1. The Labute approximate surface area is 108 Å². The molecule has 0 saturated heterocycles. The minimum absolute atomic E-state index is 0.0903. The average Bonchev–Trinajstić information content (AvgIpc) is 2.58. The van der Waals surface area contributed by atoms with E-state index in [1.165, 1.54) is 12.1 Å². The van der Waals surface area contributed by atoms with E-state index in [-0.39, 0.29) is 23.2 Å². The number of aryl methyl sites for hydroxylation is 1. The van der Waals surface area contributed by atoms with Crippen LogP contribution in [0.1, 0.15) is 49.0 Å². The summed E-state index contributed by atoms with van der Waals surface area (Å²) in [6.45, 7) is 6.13. The molecule has 0 radical (unpaired) electrons. The first-order valence-electron chi connectivity index (χ1n) is 6.47. The topological polar surface area (TPSA) is 29.1 Å². The standard InChI is InChI=1S/C15H20FNO/c1-10-9-11(16)6-7-12(10)14(18)17-13-5-4-8-15(13,2)3/h6-7,9,13H,4-5,8H2,1-3H3,(H,17,18). The van der Waals surface area contributed by atoms with Crippen LogP contribution in [0.15, 0.2) is 18.2 Å². The van der Waals surface area contributed by atoms with Crippen molar-refractivity contribution < 1.29 is 9.18 Å². The maximum Gasteiger partial charge on any atom is 0.251 e. The first kappa shape index (κ1) is 13.1. The van der Waals surface area contributed by atoms with Crippen molar-refractivity contribution in [2.75, 3.05) is 0 Å². The zero-order valence-corrected chi connectivity index (χ0v) is 11.2. The van der Waals surface area contributed by atoms with Gasteiger partial charge < -0.3 is 5.32 Å². The highest BCUT2D eigenvalue weighted by molar-refractivity contribution is 5.95. The molecule has 1 amide bonds. The van der Waals surface area contributed by atoms with Gasteiger partial charge in [-0.2, -0.15) is 0 Å². The summed E-state index contributed by atoms with van der Waals surface area (Å²) in [5, 5.41) is 3.08. The van der Waals surface area contributed by atoms with Gasteiger partial charge in [-0.1, -0.05) is 20.3 Å². The molecule has 1 saturated carbocycles. The van der Waals surface area contributed by atoms with Gasteiger partial charge in [-0.25, -0.2) is 4.39 Å². The highest BCUT2D eigenvalue weighted by atomic mass is 19.1. The Bertz CT molecular complexity index is 468. The number of nitrogens with one attached hydrogen (secondary N) is 1. The number of carbonyl (C=O) groups is 1. The van der Waals surface area contributed by atoms with E-state index in [9.17, 15) is 9.18 Å². The lowest BCUT2D eigenvalue weighted by molar-refractivity contribution is 0.0909. The lowest BCUT2D eigenvalue weighted by Crippen LogP contribution is -2.41. The third kappa shape index (κ3) is 2.55. The summed E-state index contributed by atoms with van der Waals surface area (Å²) in [5.41, 5.74) is 1.41. The van der Waals surface area contributed by atoms with Crippen LogP contribution in [0, 0.1) is 18.2 Å². The van der Waals surface area contributed by atoms with Crippen LogP contribution in [0.5, 0.6) is 0 Å². The maximum absolute atomic E-state index is 13.0. The number of carbonyl (C=O) groups excluding carboxylic acids is 1. The molecular formula is C15H20FNO. The largest absolute Gasteiger partial charge is 0.349 e. The minimum Gasteiger partial charge on any atom is -0.349 e. The van der Waals surface area contributed by atoms with E-state index < -0.39 is 0 Å². The van der Waals surface area contributed by atoms with Crippen LogP contribution in [-0.2, 0) is 0 Å². The number of rotatable bonds is 2. The van der Waals surface area contributed by atoms with Crippen molar-refractivity contribution in [2.45, 2.75) is 46.1 Å². The smallest absolute Gasteiger partial charge is 0.251 e. The minimum atomic E-state index is -0.301. The Hall–Kier alpha value is -1.38. The Morgan fingerprint density at radius 3 is 2.72 bits per heavy atom. The van der Waals surface area contributed by atoms with E-state index in [2.05, 4.69) is 19.2 Å². The van der Waals surface area contributed by atoms with E-state index in [0.29, 0.717) is 11.1 Å². The van der Waals surface area contributed by atoms with Gasteiger partial charge in [-0.15, -0.1) is 0 Å². The third-order valence-corrected chi connectivity index (χ3v) is 4.00. The fourth-order valence-electron chi connectivity index (χ4n) is 2.71. The molecule has 0 bridgehead atoms. The molecule has 1 aromatic rings. The van der Waals surface area contributed by atoms with Crippen LogP contribution in [-0.4, -0.2) is 11.9 Å². The third-order valence-electron chi connectivity index (χ3n) is 4.00. The van der Waals surface area contributed by atoms with Crippen LogP contribution in [0.4, 0.5) is 4.39 Å². The van der Waals surface area contributed by atoms with E-state index in [1.807, 2.05) is 0 Å². The predicted octanol–water partition coefficient (Wildman–Crippen LogP) is 3.44. The lowest BCUT2D eigenvalue weighted by atomic mass is 9.87. The van der Waals surface area contributed by atoms with Gasteiger partial charge in [0.05, 0.1) is 0 Å². The molecule has 0 heterocycles. The molecule has 3 heteroatoms. The highest BCUT2D eigenvalue weighted by Crippen LogP contribution is 2.37. The van der Waals surface area contributed by atoms with E-state index in [1.54, 1.807) is 13.0 Å². The molecule has 1 aliphatic rings. The maximum atomic E-state index is 13.0. The molecule has 18 heavy (non-hydrogen) atoms. The Morgan fingerprint density at radius 2 is 2.17 bits per heavy atom. The summed E-state index contributed by atoms with van der Waals surface area (Å²) in [4.78, 5) is 12.2. The molecule has 1 aromatic carbocycles. The molecule has 1 N–H and O–H groups in total. The van der Waals surface area contributed by atoms with Crippen molar-refractivity contribution >= 4 is 5.91 Å². The number of halogens is 1. The molecule has 1 unspecified atom stereocenters. The predicted molar refractivity (Wildman–Crippen MR) is 70.0 cm³/mol. The van der Waals surface area contributed by atoms with Gasteiger partial charge in [0.15, 0.2) is 0 Å². The van der Waals surface area contributed by atoms with E-state index in [4.69, 9.17) is 0 Å². The zero-order valence-electron chi connectivity index (χ0n) is 11.2. The van der Waals surface area contributed by atoms with Gasteiger partial charge in [0.1, 0.15) is 5.82 Å². The molecule has 2 rings (SSSR count). The SMILES string of the molecule is Cc1cc(F)ccc1C(=O)NC1CCCC1(C)C. The van der Waals surface area contributed by atoms with Crippen molar-refractivity contribution in [3.05, 3.63) is 35.1 Å². The first-order valence-corrected chi connectivity index (χ1v) is 6.47. The molecule has 2 nitrogen and oxygen atoms in total. The van der Waals surface area contributed by atoms with Gasteiger partial charge >= 0.3 is 0 Å². The molecule has 0 aliphatic heterocycles. The monoisotopic (exact) mass is 249 g/mol. The summed E-state index contributed by atoms with van der Waals surface area (Å²) >= 11 is 0. The van der Waals surface area contributed by atoms with E-state index >= 15 is 0 Å². The molecule has 0 aromatic heterocycles. The van der Waals surface area contributed by atoms with Crippen molar-refractivity contribution in [3.63, 3.8) is 0 Å². The second kappa shape index (κ2) is 4.71. The van der Waals surface area contributed by atoms with E-state index in [0.717, 1.165) is 19.3 Å². The Kier molecular flexibility index (Phi) is 3.42. The van der Waals surface area contributed by atoms with Crippen LogP contribution in [0.25, 0.3) is 0 Å². The fourth-order valence-corrected chi connectivity index (χ4v) is 2.71. The number of amides is 1. The van der Waals surface area contributed by atoms with Gasteiger partial charge in [-0.3, -0.25) is 4.79 Å². The van der Waals surface area contributed by atoms with Gasteiger partial charge in [0.2, 0.25) is 0 Å². The Morgan fingerprint density at radius 1 is 1.44 bits per heavy atom. The van der Waals surface area contributed by atoms with Gasteiger partial charge in [0, 0.05) is 11.6 Å². The molecule has 1 atom stereocenters. The van der Waals surface area contributed by atoms with Gasteiger partial charge in [0.25, 0.3) is 5.91 Å². The van der Waals surface area contributed by atoms with Gasteiger partial charge in [-0.05, 0) is 48.9 Å². The normalized spacial score (nSPS) is 21.9. The Balaban J connectivity index is 2.13. The summed E-state index contributed by atoms with van der Waals surface area (Å²) in [6, 6.07) is 4.51. The summed E-state index contributed by atoms with van der Waals surface area (Å²) in [7, 11) is 0. The summed E-state index contributed by atoms with van der Waals surface area (Å²) < 4.78 is 13.0. The number of benzene rings is 1. The summed E-state index contributed by atoms with van der Waals surface area (Å²) in [6.07, 6.45) is 3.32. The van der Waals surface area contributed by atoms with Crippen LogP contribution in [0.2, 0.25) is 0 Å². The second-order valence-electron chi connectivity index (χ2n) is 5.87. The molecule has 98 valence electrons. The second-order valence-corrected chi connectivity index (χ2v) is 5.87. The summed E-state index contributed by atoms with van der Waals surface area (Å²) in [5.74, 6) is -0.391. The van der Waals surface area contributed by atoms with Crippen molar-refractivity contribution in [1.82, 2.24) is 5.32 Å². The van der Waals surface area contributed by atoms with Crippen molar-refractivity contribution in [2.24, 2.45) is 5.41 Å². The highest BCUT2D eigenvalue weighted by Gasteiger charge is 2.35. The van der Waals surface area contributed by atoms with Crippen LogP contribution < -0.4 is 5.32 Å². The van der Waals surface area contributed by atoms with Crippen molar-refractivity contribution in [3.8, 4) is 0 Å². The van der Waals surface area contributed by atoms with Crippen LogP contribution >= 0.6 is 0 Å². The lowest BCUT2D eigenvalue weighted by Gasteiger charge is -2.28. The molecule has 1 aliphatic carbocycles. The molecule has 1 fully saturated rings. The van der Waals surface area contributed by atoms with Crippen molar-refractivity contribution in [1.29, 1.82) is 0 Å². The number of hydrogen-bond donors (Lipinski definition) is 1. The fraction of sp³-hybridized carbons (Fsp3) is 0.533. The zero-order chi connectivity index (χ0) is 13.3. The van der Waals surface area contributed by atoms with Crippen LogP contribution in [0.3, 0.4) is 0 Å². The first-order chi connectivity index (χ1) is 8.40. The quantitative estimate of drug-likeness (QED) is 0.854. The molecular weight excluding hydrogens is 229 g/mol. The molecule has 0 spiro atoms. The average molecular weight is 249 g/mol.